The molecule has 1 unspecified atom stereocenters. The van der Waals surface area contributed by atoms with Crippen LogP contribution in [0.5, 0.6) is 0 Å². The van der Waals surface area contributed by atoms with Gasteiger partial charge in [0, 0.05) is 19.3 Å². The summed E-state index contributed by atoms with van der Waals surface area (Å²) >= 11 is 0. The van der Waals surface area contributed by atoms with Gasteiger partial charge < -0.3 is 14.2 Å². The molecule has 0 spiro atoms. The maximum absolute atomic E-state index is 12.9. The minimum atomic E-state index is -0.797. The van der Waals surface area contributed by atoms with Crippen LogP contribution in [0.2, 0.25) is 0 Å². The highest BCUT2D eigenvalue weighted by Gasteiger charge is 2.19. The van der Waals surface area contributed by atoms with Crippen molar-refractivity contribution in [2.75, 3.05) is 13.2 Å². The Morgan fingerprint density at radius 2 is 0.494 bits per heavy atom. The molecular formula is C73H120O6. The van der Waals surface area contributed by atoms with Gasteiger partial charge in [-0.25, -0.2) is 0 Å². The Hall–Kier alpha value is -4.45. The van der Waals surface area contributed by atoms with Crippen LogP contribution in [0, 0.1) is 0 Å². The van der Waals surface area contributed by atoms with E-state index >= 15 is 0 Å². The van der Waals surface area contributed by atoms with Gasteiger partial charge in [0.15, 0.2) is 6.10 Å². The Kier molecular flexibility index (Phi) is 62.3. The quantitative estimate of drug-likeness (QED) is 0.0261. The number of ether oxygens (including phenoxy) is 3. The minimum Gasteiger partial charge on any atom is -0.462 e. The fourth-order valence-corrected chi connectivity index (χ4v) is 8.79. The molecule has 0 aromatic heterocycles. The van der Waals surface area contributed by atoms with Crippen LogP contribution < -0.4 is 0 Å². The molecule has 0 saturated heterocycles. The summed E-state index contributed by atoms with van der Waals surface area (Å²) in [6.07, 6.45) is 93.3. The zero-order valence-electron chi connectivity index (χ0n) is 51.3. The molecule has 0 aromatic carbocycles. The van der Waals surface area contributed by atoms with Crippen LogP contribution in [0.25, 0.3) is 0 Å². The topological polar surface area (TPSA) is 78.9 Å². The number of carbonyl (C=O) groups is 3. The van der Waals surface area contributed by atoms with Crippen molar-refractivity contribution in [3.05, 3.63) is 134 Å². The Morgan fingerprint density at radius 1 is 0.266 bits per heavy atom. The van der Waals surface area contributed by atoms with Crippen LogP contribution >= 0.6 is 0 Å². The summed E-state index contributed by atoms with van der Waals surface area (Å²) in [7, 11) is 0. The lowest BCUT2D eigenvalue weighted by atomic mass is 10.0. The van der Waals surface area contributed by atoms with Gasteiger partial charge in [0.2, 0.25) is 0 Å². The van der Waals surface area contributed by atoms with Gasteiger partial charge in [0.05, 0.1) is 0 Å². The zero-order chi connectivity index (χ0) is 57.1. The van der Waals surface area contributed by atoms with Gasteiger partial charge in [-0.1, -0.05) is 276 Å². The van der Waals surface area contributed by atoms with E-state index in [0.29, 0.717) is 19.3 Å². The second-order valence-electron chi connectivity index (χ2n) is 21.3. The Bertz CT molecular complexity index is 1680. The number of carbonyl (C=O) groups excluding carboxylic acids is 3. The molecule has 0 aliphatic rings. The minimum absolute atomic E-state index is 0.0917. The second-order valence-corrected chi connectivity index (χ2v) is 21.3. The van der Waals surface area contributed by atoms with E-state index in [1.807, 2.05) is 0 Å². The first-order chi connectivity index (χ1) is 39.0. The lowest BCUT2D eigenvalue weighted by Crippen LogP contribution is -2.30. The van der Waals surface area contributed by atoms with Crippen molar-refractivity contribution in [3.63, 3.8) is 0 Å². The molecular weight excluding hydrogens is 973 g/mol. The van der Waals surface area contributed by atoms with E-state index in [9.17, 15) is 14.4 Å². The molecule has 0 heterocycles. The SMILES string of the molecule is CC/C=C\C/C=C\C/C=C\C/C=C\C/C=C\C/C=C\CCCCCCCCCCCCCCCCC(=O)OCC(COC(=O)CCCCCCC/C=C\C/C=C\CCC)OC(=O)CCCCCCC/C=C\C/C=C\C/C=C\CC. The summed E-state index contributed by atoms with van der Waals surface area (Å²) in [6, 6.07) is 0. The van der Waals surface area contributed by atoms with Crippen LogP contribution in [0.1, 0.15) is 290 Å². The standard InChI is InChI=1S/C73H120O6/c1-4-7-10-13-16-19-22-25-27-28-29-30-31-32-33-34-35-36-37-38-39-40-41-42-43-44-46-48-51-54-57-60-63-66-72(75)78-69-70(68-77-71(74)65-62-59-56-53-50-47-24-21-18-15-12-9-6-3)79-73(76)67-64-61-58-55-52-49-45-26-23-20-17-14-11-8-5-2/h7-8,10-12,15-17,19-21,24-27,29-30,32-33,35-36,45,70H,4-6,9,13-14,18,22-23,28,31,34,37-44,46-69H2,1-3H3/b10-7-,11-8-,15-12-,19-16-,20-17-,24-21-,27-25-,30-29-,33-32-,36-35-,45-26-. The average Bonchev–Trinajstić information content (AvgIpc) is 3.45. The number of rotatable bonds is 58. The number of esters is 3. The summed E-state index contributed by atoms with van der Waals surface area (Å²) in [4.78, 5) is 38.3. The van der Waals surface area contributed by atoms with Crippen molar-refractivity contribution in [1.29, 1.82) is 0 Å². The first-order valence-electron chi connectivity index (χ1n) is 32.7. The molecule has 0 rings (SSSR count). The first-order valence-corrected chi connectivity index (χ1v) is 32.7. The molecule has 0 aromatic rings. The summed E-state index contributed by atoms with van der Waals surface area (Å²) in [6.45, 7) is 6.33. The molecule has 448 valence electrons. The van der Waals surface area contributed by atoms with Gasteiger partial charge in [0.25, 0.3) is 0 Å². The maximum atomic E-state index is 12.9. The number of unbranched alkanes of at least 4 members (excludes halogenated alkanes) is 25. The number of allylic oxidation sites excluding steroid dienone is 22. The van der Waals surface area contributed by atoms with E-state index in [-0.39, 0.29) is 31.1 Å². The van der Waals surface area contributed by atoms with Crippen molar-refractivity contribution in [3.8, 4) is 0 Å². The average molecular weight is 1090 g/mol. The van der Waals surface area contributed by atoms with E-state index in [4.69, 9.17) is 14.2 Å². The molecule has 1 atom stereocenters. The molecule has 0 bridgehead atoms. The van der Waals surface area contributed by atoms with E-state index < -0.39 is 6.10 Å². The van der Waals surface area contributed by atoms with Gasteiger partial charge in [-0.15, -0.1) is 0 Å². The third-order valence-corrected chi connectivity index (χ3v) is 13.6. The Balaban J connectivity index is 4.21. The van der Waals surface area contributed by atoms with E-state index in [2.05, 4.69) is 154 Å². The highest BCUT2D eigenvalue weighted by atomic mass is 16.6. The summed E-state index contributed by atoms with van der Waals surface area (Å²) in [5.74, 6) is -0.921. The predicted octanol–water partition coefficient (Wildman–Crippen LogP) is 22.5. The molecule has 0 amide bonds. The van der Waals surface area contributed by atoms with Crippen LogP contribution in [0.4, 0.5) is 0 Å². The van der Waals surface area contributed by atoms with Crippen LogP contribution in [0.15, 0.2) is 134 Å². The molecule has 6 nitrogen and oxygen atoms in total. The van der Waals surface area contributed by atoms with E-state index in [1.54, 1.807) is 0 Å². The Morgan fingerprint density at radius 3 is 0.772 bits per heavy atom. The fraction of sp³-hybridized carbons (Fsp3) is 0.658. The largest absolute Gasteiger partial charge is 0.462 e. The first kappa shape index (κ1) is 74.5. The van der Waals surface area contributed by atoms with Gasteiger partial charge >= 0.3 is 17.9 Å². The van der Waals surface area contributed by atoms with Gasteiger partial charge in [0.1, 0.15) is 13.2 Å². The smallest absolute Gasteiger partial charge is 0.306 e. The number of hydrogen-bond donors (Lipinski definition) is 0. The molecule has 0 N–H and O–H groups in total. The number of hydrogen-bond acceptors (Lipinski definition) is 6. The highest BCUT2D eigenvalue weighted by molar-refractivity contribution is 5.71. The van der Waals surface area contributed by atoms with Crippen molar-refractivity contribution in [2.24, 2.45) is 0 Å². The van der Waals surface area contributed by atoms with E-state index in [1.165, 1.54) is 83.5 Å². The third-order valence-electron chi connectivity index (χ3n) is 13.6. The molecule has 0 fully saturated rings. The van der Waals surface area contributed by atoms with Gasteiger partial charge in [-0.2, -0.15) is 0 Å². The van der Waals surface area contributed by atoms with Crippen LogP contribution in [-0.4, -0.2) is 37.2 Å². The lowest BCUT2D eigenvalue weighted by Gasteiger charge is -2.18. The normalized spacial score (nSPS) is 13.0. The second kappa shape index (κ2) is 66.1. The van der Waals surface area contributed by atoms with E-state index in [0.717, 1.165) is 167 Å². The molecule has 79 heavy (non-hydrogen) atoms. The van der Waals surface area contributed by atoms with Crippen molar-refractivity contribution in [1.82, 2.24) is 0 Å². The highest BCUT2D eigenvalue weighted by Crippen LogP contribution is 2.16. The summed E-state index contributed by atoms with van der Waals surface area (Å²) < 4.78 is 16.9. The summed E-state index contributed by atoms with van der Waals surface area (Å²) in [5, 5.41) is 0. The fourth-order valence-electron chi connectivity index (χ4n) is 8.79. The maximum Gasteiger partial charge on any atom is 0.306 e. The zero-order valence-corrected chi connectivity index (χ0v) is 51.3. The van der Waals surface area contributed by atoms with Crippen molar-refractivity contribution in [2.45, 2.75) is 297 Å². The van der Waals surface area contributed by atoms with Crippen molar-refractivity contribution < 1.29 is 28.6 Å². The Labute approximate surface area is 487 Å². The summed E-state index contributed by atoms with van der Waals surface area (Å²) in [5.41, 5.74) is 0. The molecule has 0 radical (unpaired) electrons. The van der Waals surface area contributed by atoms with Crippen LogP contribution in [0.3, 0.4) is 0 Å². The lowest BCUT2D eigenvalue weighted by molar-refractivity contribution is -0.167. The van der Waals surface area contributed by atoms with Crippen LogP contribution in [-0.2, 0) is 28.6 Å². The molecule has 6 heteroatoms. The van der Waals surface area contributed by atoms with Gasteiger partial charge in [-0.05, 0) is 128 Å². The predicted molar refractivity (Wildman–Crippen MR) is 343 cm³/mol. The van der Waals surface area contributed by atoms with Crippen molar-refractivity contribution >= 4 is 17.9 Å². The molecule has 0 aliphatic heterocycles. The van der Waals surface area contributed by atoms with Gasteiger partial charge in [-0.3, -0.25) is 14.4 Å². The molecule has 0 saturated carbocycles. The monoisotopic (exact) mass is 1090 g/mol. The molecule has 0 aliphatic carbocycles. The third kappa shape index (κ3) is 64.3.